The molecule has 0 fully saturated rings. The van der Waals surface area contributed by atoms with E-state index in [0.717, 1.165) is 27.6 Å². The molecule has 1 aromatic heterocycles. The van der Waals surface area contributed by atoms with Gasteiger partial charge < -0.3 is 5.32 Å². The van der Waals surface area contributed by atoms with Crippen LogP contribution in [0.2, 0.25) is 0 Å². The van der Waals surface area contributed by atoms with E-state index in [4.69, 9.17) is 0 Å². The van der Waals surface area contributed by atoms with Crippen molar-refractivity contribution in [3.63, 3.8) is 0 Å². The number of hydrogen-bond donors (Lipinski definition) is 2. The molecule has 0 aliphatic carbocycles. The molecule has 0 saturated heterocycles. The lowest BCUT2D eigenvalue weighted by molar-refractivity contribution is -0.116. The van der Waals surface area contributed by atoms with Crippen molar-refractivity contribution >= 4 is 32.5 Å². The van der Waals surface area contributed by atoms with Gasteiger partial charge in [0.1, 0.15) is 0 Å². The van der Waals surface area contributed by atoms with Crippen molar-refractivity contribution in [2.24, 2.45) is 0 Å². The molecule has 3 aromatic rings. The first kappa shape index (κ1) is 20.0. The predicted octanol–water partition coefficient (Wildman–Crippen LogP) is 3.47. The number of aromatic nitrogens is 1. The van der Waals surface area contributed by atoms with Crippen LogP contribution in [-0.4, -0.2) is 25.9 Å². The fourth-order valence-electron chi connectivity index (χ4n) is 2.90. The first-order valence-electron chi connectivity index (χ1n) is 8.99. The second kappa shape index (κ2) is 8.08. The van der Waals surface area contributed by atoms with E-state index in [1.54, 1.807) is 24.4 Å². The lowest BCUT2D eigenvalue weighted by Crippen LogP contribution is -2.28. The smallest absolute Gasteiger partial charge is 0.240 e. The summed E-state index contributed by atoms with van der Waals surface area (Å²) in [6, 6.07) is 12.4. The molecule has 0 aliphatic rings. The van der Waals surface area contributed by atoms with Crippen molar-refractivity contribution in [3.8, 4) is 0 Å². The zero-order chi connectivity index (χ0) is 20.3. The highest BCUT2D eigenvalue weighted by Gasteiger charge is 2.15. The van der Waals surface area contributed by atoms with Gasteiger partial charge in [-0.25, -0.2) is 13.1 Å². The first-order valence-corrected chi connectivity index (χ1v) is 10.5. The maximum Gasteiger partial charge on any atom is 0.240 e. The molecule has 2 aromatic carbocycles. The maximum absolute atomic E-state index is 12.4. The van der Waals surface area contributed by atoms with E-state index in [9.17, 15) is 13.2 Å². The van der Waals surface area contributed by atoms with Crippen molar-refractivity contribution in [1.29, 1.82) is 0 Å². The quantitative estimate of drug-likeness (QED) is 0.667. The van der Waals surface area contributed by atoms with Gasteiger partial charge in [-0.15, -0.1) is 0 Å². The number of aryl methyl sites for hydroxylation is 3. The van der Waals surface area contributed by atoms with E-state index in [2.05, 4.69) is 15.0 Å². The summed E-state index contributed by atoms with van der Waals surface area (Å²) < 4.78 is 27.3. The van der Waals surface area contributed by atoms with Gasteiger partial charge in [-0.2, -0.15) is 0 Å². The predicted molar refractivity (Wildman–Crippen MR) is 111 cm³/mol. The van der Waals surface area contributed by atoms with E-state index < -0.39 is 10.0 Å². The maximum atomic E-state index is 12.4. The van der Waals surface area contributed by atoms with Crippen LogP contribution in [0.3, 0.4) is 0 Å². The van der Waals surface area contributed by atoms with Crippen molar-refractivity contribution in [2.45, 2.75) is 32.1 Å². The largest absolute Gasteiger partial charge is 0.325 e. The third-order valence-corrected chi connectivity index (χ3v) is 6.14. The topological polar surface area (TPSA) is 88.2 Å². The summed E-state index contributed by atoms with van der Waals surface area (Å²) in [5.41, 5.74) is 4.44. The van der Waals surface area contributed by atoms with Crippen molar-refractivity contribution in [2.75, 3.05) is 11.9 Å². The number of anilines is 1. The van der Waals surface area contributed by atoms with Gasteiger partial charge in [0, 0.05) is 24.5 Å². The third-order valence-electron chi connectivity index (χ3n) is 4.68. The van der Waals surface area contributed by atoms with Gasteiger partial charge in [-0.05, 0) is 67.8 Å². The number of carbonyl (C=O) groups excluding carboxylic acids is 1. The van der Waals surface area contributed by atoms with Crippen LogP contribution in [0.4, 0.5) is 5.69 Å². The van der Waals surface area contributed by atoms with E-state index in [-0.39, 0.29) is 23.8 Å². The highest BCUT2D eigenvalue weighted by molar-refractivity contribution is 7.89. The van der Waals surface area contributed by atoms with Gasteiger partial charge >= 0.3 is 0 Å². The molecule has 0 radical (unpaired) electrons. The van der Waals surface area contributed by atoms with Crippen LogP contribution in [0.1, 0.15) is 23.1 Å². The van der Waals surface area contributed by atoms with Crippen LogP contribution in [-0.2, 0) is 14.8 Å². The van der Waals surface area contributed by atoms with Crippen LogP contribution in [0.15, 0.2) is 53.6 Å². The highest BCUT2D eigenvalue weighted by Crippen LogP contribution is 2.24. The van der Waals surface area contributed by atoms with E-state index >= 15 is 0 Å². The third kappa shape index (κ3) is 4.37. The summed E-state index contributed by atoms with van der Waals surface area (Å²) in [6.45, 7) is 5.77. The molecule has 7 heteroatoms. The lowest BCUT2D eigenvalue weighted by Gasteiger charge is -2.11. The number of rotatable bonds is 6. The summed E-state index contributed by atoms with van der Waals surface area (Å²) >= 11 is 0. The van der Waals surface area contributed by atoms with Crippen molar-refractivity contribution < 1.29 is 13.2 Å². The zero-order valence-corrected chi connectivity index (χ0v) is 16.9. The van der Waals surface area contributed by atoms with Gasteiger partial charge in [-0.1, -0.05) is 12.1 Å². The van der Waals surface area contributed by atoms with E-state index in [1.165, 1.54) is 0 Å². The number of benzene rings is 2. The molecule has 28 heavy (non-hydrogen) atoms. The number of sulfonamides is 1. The summed E-state index contributed by atoms with van der Waals surface area (Å²) in [7, 11) is -3.65. The Balaban J connectivity index is 1.63. The van der Waals surface area contributed by atoms with Crippen LogP contribution in [0, 0.1) is 20.8 Å². The molecule has 0 bridgehead atoms. The Kier molecular flexibility index (Phi) is 5.76. The number of amides is 1. The normalized spacial score (nSPS) is 11.5. The van der Waals surface area contributed by atoms with Crippen LogP contribution in [0.25, 0.3) is 10.9 Å². The first-order chi connectivity index (χ1) is 13.3. The molecular formula is C21H23N3O3S. The summed E-state index contributed by atoms with van der Waals surface area (Å²) in [5.74, 6) is -0.267. The number of nitrogens with zero attached hydrogens (tertiary/aromatic N) is 1. The molecule has 0 aliphatic heterocycles. The standard InChI is InChI=1S/C21H23N3O3S/c1-14-6-8-17(13-16(14)3)28(26,27)23-12-10-20(25)24-19-9-7-15(2)21-18(19)5-4-11-22-21/h4-9,11,13,23H,10,12H2,1-3H3,(H,24,25). The molecule has 0 spiro atoms. The Labute approximate surface area is 165 Å². The molecule has 0 atom stereocenters. The average Bonchev–Trinajstić information content (AvgIpc) is 2.66. The minimum atomic E-state index is -3.65. The lowest BCUT2D eigenvalue weighted by atomic mass is 10.1. The molecule has 3 rings (SSSR count). The molecular weight excluding hydrogens is 374 g/mol. The van der Waals surface area contributed by atoms with Gasteiger partial charge in [-0.3, -0.25) is 9.78 Å². The van der Waals surface area contributed by atoms with Crippen LogP contribution < -0.4 is 10.0 Å². The second-order valence-electron chi connectivity index (χ2n) is 6.77. The second-order valence-corrected chi connectivity index (χ2v) is 8.54. The molecule has 2 N–H and O–H groups in total. The number of hydrogen-bond acceptors (Lipinski definition) is 4. The van der Waals surface area contributed by atoms with Gasteiger partial charge in [0.2, 0.25) is 15.9 Å². The zero-order valence-electron chi connectivity index (χ0n) is 16.1. The summed E-state index contributed by atoms with van der Waals surface area (Å²) in [4.78, 5) is 16.8. The average molecular weight is 398 g/mol. The van der Waals surface area contributed by atoms with Crippen LogP contribution in [0.5, 0.6) is 0 Å². The van der Waals surface area contributed by atoms with E-state index in [0.29, 0.717) is 5.69 Å². The summed E-state index contributed by atoms with van der Waals surface area (Å²) in [6.07, 6.45) is 1.74. The molecule has 1 amide bonds. The molecule has 0 unspecified atom stereocenters. The fourth-order valence-corrected chi connectivity index (χ4v) is 4.02. The highest BCUT2D eigenvalue weighted by atomic mass is 32.2. The van der Waals surface area contributed by atoms with Gasteiger partial charge in [0.25, 0.3) is 0 Å². The Morgan fingerprint density at radius 3 is 2.50 bits per heavy atom. The molecule has 0 saturated carbocycles. The minimum Gasteiger partial charge on any atom is -0.325 e. The number of carbonyl (C=O) groups is 1. The molecule has 6 nitrogen and oxygen atoms in total. The Morgan fingerprint density at radius 2 is 1.75 bits per heavy atom. The van der Waals surface area contributed by atoms with Crippen molar-refractivity contribution in [1.82, 2.24) is 9.71 Å². The Morgan fingerprint density at radius 1 is 1.00 bits per heavy atom. The van der Waals surface area contributed by atoms with Gasteiger partial charge in [0.05, 0.1) is 16.1 Å². The summed E-state index contributed by atoms with van der Waals surface area (Å²) in [5, 5.41) is 3.69. The number of nitrogens with one attached hydrogen (secondary N) is 2. The SMILES string of the molecule is Cc1ccc(S(=O)(=O)NCCC(=O)Nc2ccc(C)c3ncccc23)cc1C. The number of pyridine rings is 1. The van der Waals surface area contributed by atoms with E-state index in [1.807, 2.05) is 45.0 Å². The molecule has 1 heterocycles. The molecule has 146 valence electrons. The fraction of sp³-hybridized carbons (Fsp3) is 0.238. The van der Waals surface area contributed by atoms with Gasteiger partial charge in [0.15, 0.2) is 0 Å². The Bertz CT molecular complexity index is 1140. The van der Waals surface area contributed by atoms with Crippen LogP contribution >= 0.6 is 0 Å². The Hall–Kier alpha value is -2.77. The minimum absolute atomic E-state index is 0.0170. The monoisotopic (exact) mass is 397 g/mol. The van der Waals surface area contributed by atoms with Crippen molar-refractivity contribution in [3.05, 3.63) is 65.4 Å². The number of fused-ring (bicyclic) bond motifs is 1.